The summed E-state index contributed by atoms with van der Waals surface area (Å²) in [4.78, 5) is 0. The van der Waals surface area contributed by atoms with Crippen LogP contribution in [0.2, 0.25) is 5.02 Å². The third-order valence-electron chi connectivity index (χ3n) is 2.95. The molecule has 1 N–H and O–H groups in total. The maximum atomic E-state index is 10.4. The average molecular weight is 291 g/mol. The minimum Gasteiger partial charge on any atom is -0.491 e. The predicted octanol–water partition coefficient (Wildman–Crippen LogP) is 4.52. The number of halogens is 1. The van der Waals surface area contributed by atoms with Crippen LogP contribution in [0.4, 0.5) is 0 Å². The number of hydrogen-bond donors (Lipinski definition) is 1. The van der Waals surface area contributed by atoms with Crippen molar-refractivity contribution in [2.24, 2.45) is 0 Å². The van der Waals surface area contributed by atoms with Gasteiger partial charge in [-0.05, 0) is 61.7 Å². The molecule has 3 heteroatoms. The van der Waals surface area contributed by atoms with Crippen molar-refractivity contribution in [2.75, 3.05) is 0 Å². The molecule has 0 aliphatic heterocycles. The predicted molar refractivity (Wildman–Crippen MR) is 82.5 cm³/mol. The lowest BCUT2D eigenvalue weighted by atomic mass is 10.00. The van der Waals surface area contributed by atoms with Crippen molar-refractivity contribution < 1.29 is 9.84 Å². The summed E-state index contributed by atoms with van der Waals surface area (Å²) in [5.41, 5.74) is 2.65. The first-order chi connectivity index (χ1) is 9.45. The molecule has 2 aromatic carbocycles. The van der Waals surface area contributed by atoms with Crippen LogP contribution >= 0.6 is 11.6 Å². The first-order valence-electron chi connectivity index (χ1n) is 6.67. The van der Waals surface area contributed by atoms with Crippen molar-refractivity contribution in [1.29, 1.82) is 0 Å². The fourth-order valence-corrected chi connectivity index (χ4v) is 2.41. The van der Waals surface area contributed by atoms with Crippen LogP contribution < -0.4 is 4.74 Å². The van der Waals surface area contributed by atoms with E-state index in [-0.39, 0.29) is 6.10 Å². The van der Waals surface area contributed by atoms with Gasteiger partial charge in [-0.3, -0.25) is 0 Å². The summed E-state index contributed by atoms with van der Waals surface area (Å²) in [5, 5.41) is 11.1. The fourth-order valence-electron chi connectivity index (χ4n) is 2.12. The molecule has 0 bridgehead atoms. The summed E-state index contributed by atoms with van der Waals surface area (Å²) in [6.07, 6.45) is -0.540. The van der Waals surface area contributed by atoms with Crippen LogP contribution in [0.1, 0.15) is 36.6 Å². The van der Waals surface area contributed by atoms with Crippen molar-refractivity contribution in [1.82, 2.24) is 0 Å². The van der Waals surface area contributed by atoms with E-state index < -0.39 is 6.10 Å². The Balaban J connectivity index is 2.22. The van der Waals surface area contributed by atoms with E-state index in [9.17, 15) is 5.11 Å². The average Bonchev–Trinajstić information content (AvgIpc) is 2.37. The van der Waals surface area contributed by atoms with Gasteiger partial charge in [0.2, 0.25) is 0 Å². The van der Waals surface area contributed by atoms with Crippen LogP contribution in [0.15, 0.2) is 42.5 Å². The summed E-state index contributed by atoms with van der Waals surface area (Å²) in [6.45, 7) is 5.93. The van der Waals surface area contributed by atoms with Crippen molar-refractivity contribution in [2.45, 2.75) is 33.0 Å². The molecule has 2 rings (SSSR count). The van der Waals surface area contributed by atoms with Gasteiger partial charge >= 0.3 is 0 Å². The van der Waals surface area contributed by atoms with Crippen LogP contribution in [0, 0.1) is 6.92 Å². The molecule has 1 unspecified atom stereocenters. The number of hydrogen-bond acceptors (Lipinski definition) is 2. The lowest BCUT2D eigenvalue weighted by molar-refractivity contribution is 0.219. The van der Waals surface area contributed by atoms with Gasteiger partial charge in [0.25, 0.3) is 0 Å². The van der Waals surface area contributed by atoms with Crippen LogP contribution in [-0.4, -0.2) is 11.2 Å². The third kappa shape index (κ3) is 3.75. The monoisotopic (exact) mass is 290 g/mol. The van der Waals surface area contributed by atoms with E-state index in [4.69, 9.17) is 16.3 Å². The van der Waals surface area contributed by atoms with Crippen LogP contribution in [0.25, 0.3) is 0 Å². The maximum Gasteiger partial charge on any atom is 0.119 e. The van der Waals surface area contributed by atoms with E-state index >= 15 is 0 Å². The van der Waals surface area contributed by atoms with Crippen LogP contribution in [0.3, 0.4) is 0 Å². The normalized spacial score (nSPS) is 12.5. The highest BCUT2D eigenvalue weighted by molar-refractivity contribution is 6.30. The summed E-state index contributed by atoms with van der Waals surface area (Å²) in [7, 11) is 0. The van der Waals surface area contributed by atoms with Crippen molar-refractivity contribution in [3.05, 3.63) is 64.2 Å². The molecule has 1 atom stereocenters. The molecule has 20 heavy (non-hydrogen) atoms. The number of aliphatic hydroxyl groups excluding tert-OH is 1. The SMILES string of the molecule is Cc1cc(Cl)cc(C(O)c2ccc(OC(C)C)cc2)c1. The first-order valence-corrected chi connectivity index (χ1v) is 7.05. The third-order valence-corrected chi connectivity index (χ3v) is 3.17. The van der Waals surface area contributed by atoms with Gasteiger partial charge in [-0.15, -0.1) is 0 Å². The van der Waals surface area contributed by atoms with Crippen molar-refractivity contribution >= 4 is 11.6 Å². The summed E-state index contributed by atoms with van der Waals surface area (Å²) in [5.74, 6) is 0.804. The Kier molecular flexibility index (Phi) is 4.69. The molecule has 0 fully saturated rings. The highest BCUT2D eigenvalue weighted by atomic mass is 35.5. The van der Waals surface area contributed by atoms with E-state index in [1.54, 1.807) is 6.07 Å². The Labute approximate surface area is 125 Å². The van der Waals surface area contributed by atoms with E-state index in [0.717, 1.165) is 22.4 Å². The Morgan fingerprint density at radius 3 is 2.20 bits per heavy atom. The van der Waals surface area contributed by atoms with Gasteiger partial charge in [-0.1, -0.05) is 29.8 Å². The molecule has 2 nitrogen and oxygen atoms in total. The first kappa shape index (κ1) is 14.9. The Morgan fingerprint density at radius 1 is 1.00 bits per heavy atom. The molecule has 0 aliphatic rings. The number of aliphatic hydroxyl groups is 1. The minimum atomic E-state index is -0.680. The molecule has 2 aromatic rings. The van der Waals surface area contributed by atoms with Crippen molar-refractivity contribution in [3.63, 3.8) is 0 Å². The van der Waals surface area contributed by atoms with Gasteiger partial charge in [0.1, 0.15) is 11.9 Å². The van der Waals surface area contributed by atoms with Gasteiger partial charge in [-0.2, -0.15) is 0 Å². The van der Waals surface area contributed by atoms with E-state index in [2.05, 4.69) is 0 Å². The molecular formula is C17H19ClO2. The van der Waals surface area contributed by atoms with Crippen LogP contribution in [0.5, 0.6) is 5.75 Å². The zero-order valence-corrected chi connectivity index (χ0v) is 12.7. The second kappa shape index (κ2) is 6.29. The molecule has 0 radical (unpaired) electrons. The Morgan fingerprint density at radius 2 is 1.65 bits per heavy atom. The molecule has 0 saturated carbocycles. The zero-order chi connectivity index (χ0) is 14.7. The van der Waals surface area contributed by atoms with E-state index in [1.165, 1.54) is 0 Å². The molecule has 106 valence electrons. The topological polar surface area (TPSA) is 29.5 Å². The summed E-state index contributed by atoms with van der Waals surface area (Å²) >= 11 is 6.03. The minimum absolute atomic E-state index is 0.140. The highest BCUT2D eigenvalue weighted by Gasteiger charge is 2.12. The van der Waals surface area contributed by atoms with Crippen molar-refractivity contribution in [3.8, 4) is 5.75 Å². The Bertz CT molecular complexity index is 556. The molecule has 0 heterocycles. The highest BCUT2D eigenvalue weighted by Crippen LogP contribution is 2.27. The summed E-state index contributed by atoms with van der Waals surface area (Å²) < 4.78 is 5.59. The van der Waals surface area contributed by atoms with Gasteiger partial charge in [0, 0.05) is 5.02 Å². The van der Waals surface area contributed by atoms with Gasteiger partial charge in [0.05, 0.1) is 6.10 Å². The molecule has 0 saturated heterocycles. The van der Waals surface area contributed by atoms with Gasteiger partial charge in [-0.25, -0.2) is 0 Å². The number of aryl methyl sites for hydroxylation is 1. The molecular weight excluding hydrogens is 272 g/mol. The second-order valence-corrected chi connectivity index (χ2v) is 5.64. The number of benzene rings is 2. The standard InChI is InChI=1S/C17H19ClO2/c1-11(2)20-16-6-4-13(5-7-16)17(19)14-8-12(3)9-15(18)10-14/h4-11,17,19H,1-3H3. The van der Waals surface area contributed by atoms with E-state index in [1.807, 2.05) is 57.2 Å². The number of rotatable bonds is 4. The lowest BCUT2D eigenvalue weighted by Gasteiger charge is -2.14. The fraction of sp³-hybridized carbons (Fsp3) is 0.294. The molecule has 0 aliphatic carbocycles. The lowest BCUT2D eigenvalue weighted by Crippen LogP contribution is -2.06. The quantitative estimate of drug-likeness (QED) is 0.897. The van der Waals surface area contributed by atoms with Gasteiger partial charge < -0.3 is 9.84 Å². The molecule has 0 amide bonds. The second-order valence-electron chi connectivity index (χ2n) is 5.20. The van der Waals surface area contributed by atoms with Crippen LogP contribution in [-0.2, 0) is 0 Å². The van der Waals surface area contributed by atoms with E-state index in [0.29, 0.717) is 5.02 Å². The largest absolute Gasteiger partial charge is 0.491 e. The maximum absolute atomic E-state index is 10.4. The summed E-state index contributed by atoms with van der Waals surface area (Å²) in [6, 6.07) is 13.1. The smallest absolute Gasteiger partial charge is 0.119 e. The van der Waals surface area contributed by atoms with Gasteiger partial charge in [0.15, 0.2) is 0 Å². The Hall–Kier alpha value is -1.51. The zero-order valence-electron chi connectivity index (χ0n) is 11.9. The molecule has 0 aromatic heterocycles. The number of ether oxygens (including phenoxy) is 1. The molecule has 0 spiro atoms.